The highest BCUT2D eigenvalue weighted by Gasteiger charge is 2.52. The van der Waals surface area contributed by atoms with Crippen molar-refractivity contribution in [2.75, 3.05) is 31.1 Å². The van der Waals surface area contributed by atoms with Crippen LogP contribution in [0.1, 0.15) is 62.1 Å². The zero-order valence-electron chi connectivity index (χ0n) is 21.0. The summed E-state index contributed by atoms with van der Waals surface area (Å²) in [6.45, 7) is 6.51. The van der Waals surface area contributed by atoms with Crippen molar-refractivity contribution in [2.24, 2.45) is 5.92 Å². The summed E-state index contributed by atoms with van der Waals surface area (Å²) in [5.41, 5.74) is -2.24. The Hall–Kier alpha value is -3.65. The molecule has 2 atom stereocenters. The van der Waals surface area contributed by atoms with E-state index in [0.29, 0.717) is 32.4 Å². The Balaban J connectivity index is 1.56. The maximum atomic E-state index is 15.6. The Kier molecular flexibility index (Phi) is 5.90. The summed E-state index contributed by atoms with van der Waals surface area (Å²) in [6, 6.07) is 3.98. The third-order valence-electron chi connectivity index (χ3n) is 7.25. The van der Waals surface area contributed by atoms with E-state index in [1.165, 1.54) is 4.57 Å². The van der Waals surface area contributed by atoms with Crippen molar-refractivity contribution < 1.29 is 28.6 Å². The molecular weight excluding hydrogens is 483 g/mol. The summed E-state index contributed by atoms with van der Waals surface area (Å²) < 4.78 is 28.5. The van der Waals surface area contributed by atoms with Crippen LogP contribution < -0.4 is 15.6 Å². The summed E-state index contributed by atoms with van der Waals surface area (Å²) in [6.07, 6.45) is 1.52. The molecule has 3 heterocycles. The van der Waals surface area contributed by atoms with Crippen molar-refractivity contribution in [2.45, 2.75) is 57.3 Å². The molecule has 2 saturated heterocycles. The Morgan fingerprint density at radius 3 is 2.68 bits per heavy atom. The number of amides is 1. The average Bonchev–Trinajstić information content (AvgIpc) is 3.47. The molecule has 1 aliphatic carbocycles. The fourth-order valence-corrected chi connectivity index (χ4v) is 5.58. The van der Waals surface area contributed by atoms with Gasteiger partial charge in [0.25, 0.3) is 0 Å². The monoisotopic (exact) mass is 512 g/mol. The molecule has 1 amide bonds. The zero-order chi connectivity index (χ0) is 26.7. The number of rotatable bonds is 5. The van der Waals surface area contributed by atoms with Gasteiger partial charge in [0.05, 0.1) is 23.1 Å². The van der Waals surface area contributed by atoms with E-state index in [1.807, 2.05) is 0 Å². The van der Waals surface area contributed by atoms with Gasteiger partial charge in [0.2, 0.25) is 0 Å². The Bertz CT molecular complexity index is 1400. The molecule has 10 nitrogen and oxygen atoms in total. The lowest BCUT2D eigenvalue weighted by atomic mass is 9.91. The van der Waals surface area contributed by atoms with Crippen molar-refractivity contribution in [3.05, 3.63) is 39.4 Å². The van der Waals surface area contributed by atoms with E-state index in [-0.39, 0.29) is 52.9 Å². The van der Waals surface area contributed by atoms with Gasteiger partial charge in [-0.3, -0.25) is 4.79 Å². The van der Waals surface area contributed by atoms with E-state index in [4.69, 9.17) is 9.47 Å². The van der Waals surface area contributed by atoms with Crippen LogP contribution in [-0.4, -0.2) is 59.2 Å². The molecule has 1 aromatic carbocycles. The number of carboxylic acid groups (broad SMARTS) is 1. The number of hydrogen-bond acceptors (Lipinski definition) is 7. The highest BCUT2D eigenvalue weighted by atomic mass is 19.1. The van der Waals surface area contributed by atoms with E-state index < -0.39 is 34.5 Å². The van der Waals surface area contributed by atoms with Crippen molar-refractivity contribution in [3.8, 4) is 6.07 Å². The first kappa shape index (κ1) is 25.0. The standard InChI is InChI=1S/C26H29FN4O6/c1-25(2,3)37-24(35)29-12-26-13-30(11-14(26)6-7-36-26)22-17(10-28)21-16(8-18(22)27)20(32)9-19(23(33)34)31(21)15-4-5-15/h8-9,14-15H,4-7,11-13H2,1-3H3,(H,29,35)(H,33,34)/t14-,26-/m1/s1. The molecule has 3 fully saturated rings. The van der Waals surface area contributed by atoms with Crippen LogP contribution in [0.2, 0.25) is 0 Å². The van der Waals surface area contributed by atoms with E-state index in [1.54, 1.807) is 25.7 Å². The van der Waals surface area contributed by atoms with Crippen LogP contribution in [0.3, 0.4) is 0 Å². The summed E-state index contributed by atoms with van der Waals surface area (Å²) >= 11 is 0. The fourth-order valence-electron chi connectivity index (χ4n) is 5.58. The number of aromatic nitrogens is 1. The van der Waals surface area contributed by atoms with Gasteiger partial charge in [-0.15, -0.1) is 0 Å². The lowest BCUT2D eigenvalue weighted by Gasteiger charge is -2.30. The van der Waals surface area contributed by atoms with Crippen LogP contribution in [0.4, 0.5) is 14.9 Å². The second kappa shape index (κ2) is 8.73. The van der Waals surface area contributed by atoms with Gasteiger partial charge in [-0.05, 0) is 46.1 Å². The van der Waals surface area contributed by atoms with E-state index >= 15 is 4.39 Å². The number of nitrogens with one attached hydrogen (secondary N) is 1. The molecule has 1 saturated carbocycles. The average molecular weight is 513 g/mol. The van der Waals surface area contributed by atoms with E-state index in [0.717, 1.165) is 12.1 Å². The van der Waals surface area contributed by atoms with Crippen LogP contribution >= 0.6 is 0 Å². The highest BCUT2D eigenvalue weighted by molar-refractivity contribution is 5.95. The summed E-state index contributed by atoms with van der Waals surface area (Å²) in [7, 11) is 0. The Morgan fingerprint density at radius 1 is 1.32 bits per heavy atom. The van der Waals surface area contributed by atoms with Gasteiger partial charge in [0, 0.05) is 37.7 Å². The van der Waals surface area contributed by atoms with Gasteiger partial charge in [-0.1, -0.05) is 0 Å². The lowest BCUT2D eigenvalue weighted by molar-refractivity contribution is -0.000271. The summed E-state index contributed by atoms with van der Waals surface area (Å²) in [5, 5.41) is 22.7. The molecule has 0 bridgehead atoms. The highest BCUT2D eigenvalue weighted by Crippen LogP contribution is 2.45. The number of nitriles is 1. The Labute approximate surface area is 212 Å². The van der Waals surface area contributed by atoms with Gasteiger partial charge in [-0.25, -0.2) is 14.0 Å². The van der Waals surface area contributed by atoms with Gasteiger partial charge in [-0.2, -0.15) is 5.26 Å². The number of benzene rings is 1. The molecule has 5 rings (SSSR count). The van der Waals surface area contributed by atoms with Crippen molar-refractivity contribution in [3.63, 3.8) is 0 Å². The zero-order valence-corrected chi connectivity index (χ0v) is 21.0. The number of pyridine rings is 1. The number of anilines is 1. The molecule has 2 aromatic rings. The SMILES string of the molecule is CC(C)(C)OC(=O)NC[C@@]12CN(c3c(F)cc4c(=O)cc(C(=O)O)n(C5CC5)c4c3C#N)C[C@H]1CCO2. The molecule has 2 N–H and O–H groups in total. The number of nitrogens with zero attached hydrogens (tertiary/aromatic N) is 3. The number of carbonyl (C=O) groups excluding carboxylic acids is 1. The number of carboxylic acids is 1. The Morgan fingerprint density at radius 2 is 2.05 bits per heavy atom. The summed E-state index contributed by atoms with van der Waals surface area (Å²) in [5.74, 6) is -2.06. The minimum atomic E-state index is -1.28. The first-order chi connectivity index (χ1) is 17.4. The van der Waals surface area contributed by atoms with Gasteiger partial charge < -0.3 is 29.4 Å². The van der Waals surface area contributed by atoms with Gasteiger partial charge in [0.15, 0.2) is 5.43 Å². The first-order valence-electron chi connectivity index (χ1n) is 12.3. The molecule has 2 aliphatic heterocycles. The van der Waals surface area contributed by atoms with Crippen LogP contribution in [0.5, 0.6) is 0 Å². The number of carbonyl (C=O) groups is 2. The largest absolute Gasteiger partial charge is 0.477 e. The predicted molar refractivity (Wildman–Crippen MR) is 131 cm³/mol. The molecule has 37 heavy (non-hydrogen) atoms. The topological polar surface area (TPSA) is 134 Å². The third-order valence-corrected chi connectivity index (χ3v) is 7.25. The molecule has 1 aromatic heterocycles. The van der Waals surface area contributed by atoms with Crippen LogP contribution in [-0.2, 0) is 9.47 Å². The second-order valence-electron chi connectivity index (χ2n) is 11.0. The lowest BCUT2D eigenvalue weighted by Crippen LogP contribution is -2.49. The van der Waals surface area contributed by atoms with Gasteiger partial charge in [0.1, 0.15) is 34.3 Å². The quantitative estimate of drug-likeness (QED) is 0.624. The smallest absolute Gasteiger partial charge is 0.407 e. The molecule has 0 radical (unpaired) electrons. The number of alkyl carbamates (subject to hydrolysis) is 1. The predicted octanol–water partition coefficient (Wildman–Crippen LogP) is 3.17. The fraction of sp³-hybridized carbons (Fsp3) is 0.538. The number of hydrogen-bond donors (Lipinski definition) is 2. The first-order valence-corrected chi connectivity index (χ1v) is 12.3. The van der Waals surface area contributed by atoms with Crippen molar-refractivity contribution >= 4 is 28.7 Å². The molecule has 11 heteroatoms. The second-order valence-corrected chi connectivity index (χ2v) is 11.0. The number of fused-ring (bicyclic) bond motifs is 2. The van der Waals surface area contributed by atoms with Crippen molar-refractivity contribution in [1.82, 2.24) is 9.88 Å². The summed E-state index contributed by atoms with van der Waals surface area (Å²) in [4.78, 5) is 38.7. The van der Waals surface area contributed by atoms with Crippen LogP contribution in [0.15, 0.2) is 16.9 Å². The maximum Gasteiger partial charge on any atom is 0.407 e. The number of ether oxygens (including phenoxy) is 2. The van der Waals surface area contributed by atoms with E-state index in [9.17, 15) is 24.8 Å². The van der Waals surface area contributed by atoms with Crippen molar-refractivity contribution in [1.29, 1.82) is 5.26 Å². The molecular formula is C26H29FN4O6. The molecule has 3 aliphatic rings. The van der Waals surface area contributed by atoms with Crippen LogP contribution in [0.25, 0.3) is 10.9 Å². The third kappa shape index (κ3) is 4.39. The van der Waals surface area contributed by atoms with E-state index in [2.05, 4.69) is 11.4 Å². The normalized spacial score (nSPS) is 23.1. The molecule has 0 unspecified atom stereocenters. The number of halogens is 1. The molecule has 196 valence electrons. The number of aromatic carboxylic acids is 1. The molecule has 0 spiro atoms. The minimum Gasteiger partial charge on any atom is -0.477 e. The van der Waals surface area contributed by atoms with Gasteiger partial charge >= 0.3 is 12.1 Å². The minimum absolute atomic E-state index is 0.0148. The van der Waals surface area contributed by atoms with Crippen LogP contribution in [0, 0.1) is 23.1 Å². The maximum absolute atomic E-state index is 15.6.